The number of thioether (sulfide) groups is 1. The number of hydrogen-bond donors (Lipinski definition) is 0. The van der Waals surface area contributed by atoms with Gasteiger partial charge in [-0.1, -0.05) is 23.9 Å². The molecule has 0 unspecified atom stereocenters. The predicted molar refractivity (Wildman–Crippen MR) is 118 cm³/mol. The van der Waals surface area contributed by atoms with Crippen molar-refractivity contribution in [1.29, 1.82) is 0 Å². The zero-order chi connectivity index (χ0) is 23.3. The lowest BCUT2D eigenvalue weighted by molar-refractivity contribution is -0.139. The molecule has 1 amide bonds. The Morgan fingerprint density at radius 1 is 1.06 bits per heavy atom. The summed E-state index contributed by atoms with van der Waals surface area (Å²) in [6.07, 6.45) is 1.61. The monoisotopic (exact) mass is 462 g/mol. The zero-order valence-corrected chi connectivity index (χ0v) is 18.3. The summed E-state index contributed by atoms with van der Waals surface area (Å²) in [5.41, 5.74) is 1.27. The van der Waals surface area contributed by atoms with Crippen LogP contribution in [0.5, 0.6) is 11.5 Å². The lowest BCUT2D eigenvalue weighted by Gasteiger charge is -2.19. The van der Waals surface area contributed by atoms with Crippen molar-refractivity contribution in [1.82, 2.24) is 0 Å². The third-order valence-electron chi connectivity index (χ3n) is 4.38. The molecule has 0 saturated heterocycles. The van der Waals surface area contributed by atoms with Crippen LogP contribution in [0, 0.1) is 0 Å². The van der Waals surface area contributed by atoms with Crippen LogP contribution >= 0.6 is 11.8 Å². The van der Waals surface area contributed by atoms with Crippen molar-refractivity contribution in [3.8, 4) is 11.5 Å². The van der Waals surface area contributed by atoms with Gasteiger partial charge in [-0.25, -0.2) is 4.99 Å². The SMILES string of the molecule is COC(=O)[C@@H](C)SC1=N/C(=C/c2ccc(OC)cc2)C(=O)N1c1ccc(OC(F)F)cc1. The van der Waals surface area contributed by atoms with Gasteiger partial charge in [-0.05, 0) is 55.0 Å². The molecular weight excluding hydrogens is 442 g/mol. The van der Waals surface area contributed by atoms with E-state index in [-0.39, 0.29) is 16.6 Å². The first kappa shape index (κ1) is 23.3. The highest BCUT2D eigenvalue weighted by molar-refractivity contribution is 8.15. The van der Waals surface area contributed by atoms with Gasteiger partial charge in [0.1, 0.15) is 22.4 Å². The van der Waals surface area contributed by atoms with Crippen molar-refractivity contribution in [2.24, 2.45) is 4.99 Å². The molecule has 2 aromatic rings. The van der Waals surface area contributed by atoms with E-state index in [0.717, 1.165) is 17.3 Å². The molecule has 7 nitrogen and oxygen atoms in total. The number of amidine groups is 1. The molecule has 3 rings (SSSR count). The number of hydrogen-bond acceptors (Lipinski definition) is 7. The van der Waals surface area contributed by atoms with Crippen molar-refractivity contribution in [2.75, 3.05) is 19.1 Å². The molecule has 2 aromatic carbocycles. The number of esters is 1. The fraction of sp³-hybridized carbons (Fsp3) is 0.227. The summed E-state index contributed by atoms with van der Waals surface area (Å²) in [5.74, 6) is -0.274. The summed E-state index contributed by atoms with van der Waals surface area (Å²) in [5, 5.41) is -0.369. The Bertz CT molecular complexity index is 1040. The summed E-state index contributed by atoms with van der Waals surface area (Å²) in [6, 6.07) is 12.6. The third kappa shape index (κ3) is 5.44. The van der Waals surface area contributed by atoms with Crippen LogP contribution in [0.2, 0.25) is 0 Å². The highest BCUT2D eigenvalue weighted by Gasteiger charge is 2.34. The summed E-state index contributed by atoms with van der Waals surface area (Å²) >= 11 is 1.05. The average molecular weight is 462 g/mol. The minimum Gasteiger partial charge on any atom is -0.497 e. The second-order valence-electron chi connectivity index (χ2n) is 6.49. The molecule has 1 atom stereocenters. The molecule has 1 heterocycles. The Labute approximate surface area is 187 Å². The molecule has 0 bridgehead atoms. The average Bonchev–Trinajstić information content (AvgIpc) is 3.08. The van der Waals surface area contributed by atoms with E-state index in [4.69, 9.17) is 9.47 Å². The van der Waals surface area contributed by atoms with Gasteiger partial charge in [0, 0.05) is 0 Å². The summed E-state index contributed by atoms with van der Waals surface area (Å²) < 4.78 is 39.1. The number of aliphatic imine (C=N–C) groups is 1. The van der Waals surface area contributed by atoms with Crippen molar-refractivity contribution in [3.05, 3.63) is 59.8 Å². The molecule has 0 N–H and O–H groups in total. The van der Waals surface area contributed by atoms with Gasteiger partial charge in [-0.15, -0.1) is 0 Å². The lowest BCUT2D eigenvalue weighted by atomic mass is 10.2. The van der Waals surface area contributed by atoms with Crippen LogP contribution in [-0.2, 0) is 14.3 Å². The van der Waals surface area contributed by atoms with Crippen molar-refractivity contribution < 1.29 is 32.6 Å². The maximum atomic E-state index is 13.2. The van der Waals surface area contributed by atoms with E-state index in [1.54, 1.807) is 44.4 Å². The van der Waals surface area contributed by atoms with Crippen LogP contribution in [0.25, 0.3) is 6.08 Å². The van der Waals surface area contributed by atoms with Gasteiger partial charge in [-0.2, -0.15) is 8.78 Å². The number of amides is 1. The molecule has 1 aliphatic rings. The Kier molecular flexibility index (Phi) is 7.47. The van der Waals surface area contributed by atoms with E-state index in [1.807, 2.05) is 0 Å². The molecule has 0 saturated carbocycles. The molecule has 0 radical (unpaired) electrons. The molecule has 0 spiro atoms. The Morgan fingerprint density at radius 2 is 1.69 bits per heavy atom. The first-order chi connectivity index (χ1) is 15.3. The molecule has 1 aliphatic heterocycles. The molecule has 32 heavy (non-hydrogen) atoms. The van der Waals surface area contributed by atoms with Crippen molar-refractivity contribution in [3.63, 3.8) is 0 Å². The predicted octanol–water partition coefficient (Wildman–Crippen LogP) is 4.34. The second kappa shape index (κ2) is 10.3. The Morgan fingerprint density at radius 3 is 2.25 bits per heavy atom. The third-order valence-corrected chi connectivity index (χ3v) is 5.41. The van der Waals surface area contributed by atoms with Crippen LogP contribution in [0.3, 0.4) is 0 Å². The number of benzene rings is 2. The van der Waals surface area contributed by atoms with Gasteiger partial charge in [0.15, 0.2) is 5.17 Å². The summed E-state index contributed by atoms with van der Waals surface area (Å²) in [7, 11) is 2.83. The van der Waals surface area contributed by atoms with Gasteiger partial charge in [0.2, 0.25) is 0 Å². The number of carbonyl (C=O) groups is 2. The lowest BCUT2D eigenvalue weighted by Crippen LogP contribution is -2.32. The van der Waals surface area contributed by atoms with Crippen LogP contribution in [-0.4, -0.2) is 43.1 Å². The quantitative estimate of drug-likeness (QED) is 0.450. The van der Waals surface area contributed by atoms with Gasteiger partial charge in [-0.3, -0.25) is 14.5 Å². The maximum Gasteiger partial charge on any atom is 0.387 e. The number of methoxy groups -OCH3 is 2. The minimum atomic E-state index is -2.96. The summed E-state index contributed by atoms with van der Waals surface area (Å²) in [6.45, 7) is -1.33. The highest BCUT2D eigenvalue weighted by atomic mass is 32.2. The van der Waals surface area contributed by atoms with Crippen LogP contribution in [0.1, 0.15) is 12.5 Å². The van der Waals surface area contributed by atoms with Crippen LogP contribution in [0.15, 0.2) is 59.2 Å². The van der Waals surface area contributed by atoms with Crippen molar-refractivity contribution >= 4 is 40.6 Å². The highest BCUT2D eigenvalue weighted by Crippen LogP contribution is 2.32. The van der Waals surface area contributed by atoms with E-state index < -0.39 is 23.7 Å². The molecule has 0 aromatic heterocycles. The smallest absolute Gasteiger partial charge is 0.387 e. The molecule has 0 aliphatic carbocycles. The maximum absolute atomic E-state index is 13.2. The molecule has 168 valence electrons. The Hall–Kier alpha value is -3.40. The second-order valence-corrected chi connectivity index (χ2v) is 7.80. The van der Waals surface area contributed by atoms with E-state index in [0.29, 0.717) is 11.4 Å². The van der Waals surface area contributed by atoms with Crippen LogP contribution < -0.4 is 14.4 Å². The Balaban J connectivity index is 1.94. The first-order valence-electron chi connectivity index (χ1n) is 9.40. The number of alkyl halides is 2. The van der Waals surface area contributed by atoms with Crippen LogP contribution in [0.4, 0.5) is 14.5 Å². The van der Waals surface area contributed by atoms with Crippen molar-refractivity contribution in [2.45, 2.75) is 18.8 Å². The fourth-order valence-electron chi connectivity index (χ4n) is 2.81. The van der Waals surface area contributed by atoms with E-state index >= 15 is 0 Å². The van der Waals surface area contributed by atoms with E-state index in [2.05, 4.69) is 9.73 Å². The normalized spacial score (nSPS) is 15.7. The summed E-state index contributed by atoms with van der Waals surface area (Å²) in [4.78, 5) is 30.8. The standard InChI is InChI=1S/C22H20F2N2O5S/c1-13(20(28)30-3)32-22-25-18(12-14-4-8-16(29-2)9-5-14)19(27)26(22)15-6-10-17(11-7-15)31-21(23)24/h4-13,21H,1-3H3/b18-12+/t13-/m1/s1. The first-order valence-corrected chi connectivity index (χ1v) is 10.3. The van der Waals surface area contributed by atoms with E-state index in [1.165, 1.54) is 36.3 Å². The number of halogens is 2. The number of carbonyl (C=O) groups excluding carboxylic acids is 2. The number of nitrogens with zero attached hydrogens (tertiary/aromatic N) is 2. The van der Waals surface area contributed by atoms with Gasteiger partial charge >= 0.3 is 12.6 Å². The number of ether oxygens (including phenoxy) is 3. The number of rotatable bonds is 7. The van der Waals surface area contributed by atoms with Gasteiger partial charge in [0.25, 0.3) is 5.91 Å². The number of anilines is 1. The van der Waals surface area contributed by atoms with Gasteiger partial charge in [0.05, 0.1) is 19.9 Å². The molecule has 10 heteroatoms. The molecule has 0 fully saturated rings. The topological polar surface area (TPSA) is 77.4 Å². The zero-order valence-electron chi connectivity index (χ0n) is 17.5. The van der Waals surface area contributed by atoms with E-state index in [9.17, 15) is 18.4 Å². The largest absolute Gasteiger partial charge is 0.497 e. The van der Waals surface area contributed by atoms with Gasteiger partial charge < -0.3 is 14.2 Å². The molecular formula is C22H20F2N2O5S. The minimum absolute atomic E-state index is 0.0431. The fourth-order valence-corrected chi connectivity index (χ4v) is 3.76.